The predicted molar refractivity (Wildman–Crippen MR) is 78.6 cm³/mol. The highest BCUT2D eigenvalue weighted by molar-refractivity contribution is 5.85. The Labute approximate surface area is 121 Å². The van der Waals surface area contributed by atoms with Gasteiger partial charge in [-0.1, -0.05) is 19.1 Å². The van der Waals surface area contributed by atoms with E-state index in [1.54, 1.807) is 22.0 Å². The third-order valence-corrected chi connectivity index (χ3v) is 2.31. The summed E-state index contributed by atoms with van der Waals surface area (Å²) in [6, 6.07) is 0. The Hall–Kier alpha value is -1.33. The summed E-state index contributed by atoms with van der Waals surface area (Å²) >= 11 is 0. The zero-order chi connectivity index (χ0) is 14.0. The van der Waals surface area contributed by atoms with Gasteiger partial charge in [0.05, 0.1) is 13.1 Å². The van der Waals surface area contributed by atoms with Gasteiger partial charge in [0.2, 0.25) is 5.91 Å². The molecule has 0 spiro atoms. The van der Waals surface area contributed by atoms with Gasteiger partial charge in [-0.25, -0.2) is 0 Å². The van der Waals surface area contributed by atoms with Gasteiger partial charge in [0.25, 0.3) is 0 Å². The zero-order valence-electron chi connectivity index (χ0n) is 11.4. The summed E-state index contributed by atoms with van der Waals surface area (Å²) in [5.74, 6) is -1.03. The molecule has 0 aromatic heterocycles. The number of carboxylic acid groups (broad SMARTS) is 1. The molecule has 0 aromatic rings. The first kappa shape index (κ1) is 20.0. The van der Waals surface area contributed by atoms with Crippen molar-refractivity contribution >= 4 is 24.3 Å². The van der Waals surface area contributed by atoms with Crippen LogP contribution in [-0.2, 0) is 9.59 Å². The van der Waals surface area contributed by atoms with E-state index in [-0.39, 0.29) is 31.4 Å². The van der Waals surface area contributed by atoms with E-state index in [1.165, 1.54) is 0 Å². The molecule has 0 radical (unpaired) electrons. The van der Waals surface area contributed by atoms with Crippen molar-refractivity contribution in [2.24, 2.45) is 0 Å². The van der Waals surface area contributed by atoms with E-state index >= 15 is 0 Å². The molecule has 0 fully saturated rings. The summed E-state index contributed by atoms with van der Waals surface area (Å²) in [5.41, 5.74) is 0. The lowest BCUT2D eigenvalue weighted by Gasteiger charge is -2.24. The van der Waals surface area contributed by atoms with Crippen LogP contribution in [0.15, 0.2) is 25.3 Å². The number of rotatable bonds is 10. The van der Waals surface area contributed by atoms with Crippen LogP contribution in [-0.4, -0.2) is 59.5 Å². The highest BCUT2D eigenvalue weighted by Crippen LogP contribution is 1.97. The monoisotopic (exact) mass is 290 g/mol. The number of hydrogen-bond donors (Lipinski definition) is 1. The quantitative estimate of drug-likeness (QED) is 0.618. The molecule has 19 heavy (non-hydrogen) atoms. The van der Waals surface area contributed by atoms with Crippen LogP contribution in [0, 0.1) is 0 Å². The van der Waals surface area contributed by atoms with Gasteiger partial charge in [-0.3, -0.25) is 14.5 Å². The lowest BCUT2D eigenvalue weighted by molar-refractivity contribution is -0.139. The minimum atomic E-state index is -0.921. The van der Waals surface area contributed by atoms with Gasteiger partial charge in [0.1, 0.15) is 0 Å². The van der Waals surface area contributed by atoms with Crippen LogP contribution in [0.5, 0.6) is 0 Å². The van der Waals surface area contributed by atoms with E-state index in [4.69, 9.17) is 5.11 Å². The number of nitrogens with zero attached hydrogens (tertiary/aromatic N) is 2. The summed E-state index contributed by atoms with van der Waals surface area (Å²) in [4.78, 5) is 25.9. The lowest BCUT2D eigenvalue weighted by atomic mass is 10.3. The summed E-state index contributed by atoms with van der Waals surface area (Å²) in [5, 5.41) is 8.77. The first-order valence-corrected chi connectivity index (χ1v) is 5.98. The molecular formula is C13H23ClN2O3. The van der Waals surface area contributed by atoms with Crippen molar-refractivity contribution in [1.82, 2.24) is 9.80 Å². The first-order chi connectivity index (χ1) is 8.54. The smallest absolute Gasteiger partial charge is 0.317 e. The van der Waals surface area contributed by atoms with Crippen LogP contribution in [0.3, 0.4) is 0 Å². The third kappa shape index (κ3) is 9.27. The number of carbonyl (C=O) groups excluding carboxylic acids is 1. The van der Waals surface area contributed by atoms with E-state index < -0.39 is 5.97 Å². The second-order valence-corrected chi connectivity index (χ2v) is 3.98. The van der Waals surface area contributed by atoms with Crippen LogP contribution in [0.1, 0.15) is 13.3 Å². The number of halogens is 1. The van der Waals surface area contributed by atoms with Crippen LogP contribution in [0.4, 0.5) is 0 Å². The summed E-state index contributed by atoms with van der Waals surface area (Å²) in [7, 11) is 0. The fourth-order valence-corrected chi connectivity index (χ4v) is 1.60. The standard InChI is InChI=1S/C13H22N2O3.ClH/c1-4-7-14(11-13(17)18)10-12(16)15(8-5-2)9-6-3;/h5-6H,2-4,7-11H2,1H3,(H,17,18);1H. The third-order valence-electron chi connectivity index (χ3n) is 2.31. The maximum Gasteiger partial charge on any atom is 0.317 e. The molecular weight excluding hydrogens is 268 g/mol. The second-order valence-electron chi connectivity index (χ2n) is 3.98. The van der Waals surface area contributed by atoms with Gasteiger partial charge in [-0.15, -0.1) is 25.6 Å². The van der Waals surface area contributed by atoms with Crippen molar-refractivity contribution < 1.29 is 14.7 Å². The van der Waals surface area contributed by atoms with Crippen molar-refractivity contribution in [2.75, 3.05) is 32.7 Å². The highest BCUT2D eigenvalue weighted by atomic mass is 35.5. The molecule has 0 saturated carbocycles. The van der Waals surface area contributed by atoms with Crippen molar-refractivity contribution in [3.8, 4) is 0 Å². The molecule has 0 aromatic carbocycles. The molecule has 0 aliphatic rings. The average molecular weight is 291 g/mol. The van der Waals surface area contributed by atoms with E-state index in [2.05, 4.69) is 13.2 Å². The molecule has 6 heteroatoms. The van der Waals surface area contributed by atoms with Gasteiger partial charge >= 0.3 is 5.97 Å². The fourth-order valence-electron chi connectivity index (χ4n) is 1.60. The predicted octanol–water partition coefficient (Wildman–Crippen LogP) is 1.41. The SMILES string of the molecule is C=CCN(CC=C)C(=O)CN(CCC)CC(=O)O.Cl. The first-order valence-electron chi connectivity index (χ1n) is 5.98. The molecule has 0 atom stereocenters. The molecule has 0 aliphatic carbocycles. The number of amides is 1. The highest BCUT2D eigenvalue weighted by Gasteiger charge is 2.17. The Morgan fingerprint density at radius 2 is 1.68 bits per heavy atom. The Bertz CT molecular complexity index is 298. The van der Waals surface area contributed by atoms with Crippen LogP contribution >= 0.6 is 12.4 Å². The van der Waals surface area contributed by atoms with Gasteiger partial charge in [0.15, 0.2) is 0 Å². The Balaban J connectivity index is 0. The largest absolute Gasteiger partial charge is 0.480 e. The van der Waals surface area contributed by atoms with Gasteiger partial charge in [-0.05, 0) is 13.0 Å². The fraction of sp³-hybridized carbons (Fsp3) is 0.538. The van der Waals surface area contributed by atoms with Crippen molar-refractivity contribution in [3.63, 3.8) is 0 Å². The second kappa shape index (κ2) is 11.7. The molecule has 0 unspecified atom stereocenters. The Kier molecular flexibility index (Phi) is 12.4. The van der Waals surface area contributed by atoms with E-state index in [1.807, 2.05) is 6.92 Å². The molecule has 0 rings (SSSR count). The number of hydrogen-bond acceptors (Lipinski definition) is 3. The van der Waals surface area contributed by atoms with Crippen molar-refractivity contribution in [3.05, 3.63) is 25.3 Å². The average Bonchev–Trinajstić information content (AvgIpc) is 2.28. The zero-order valence-corrected chi connectivity index (χ0v) is 12.2. The normalized spacial score (nSPS) is 9.58. The van der Waals surface area contributed by atoms with E-state index in [9.17, 15) is 9.59 Å². The van der Waals surface area contributed by atoms with Gasteiger partial charge in [0, 0.05) is 13.1 Å². The van der Waals surface area contributed by atoms with Gasteiger partial charge < -0.3 is 10.0 Å². The molecule has 1 amide bonds. The maximum atomic E-state index is 12.0. The number of aliphatic carboxylic acids is 1. The molecule has 5 nitrogen and oxygen atoms in total. The van der Waals surface area contributed by atoms with Crippen molar-refractivity contribution in [1.29, 1.82) is 0 Å². The van der Waals surface area contributed by atoms with E-state index in [0.29, 0.717) is 19.6 Å². The minimum absolute atomic E-state index is 0. The Morgan fingerprint density at radius 3 is 2.05 bits per heavy atom. The number of carbonyl (C=O) groups is 2. The van der Waals surface area contributed by atoms with E-state index in [0.717, 1.165) is 6.42 Å². The molecule has 0 saturated heterocycles. The van der Waals surface area contributed by atoms with Crippen LogP contribution in [0.2, 0.25) is 0 Å². The molecule has 0 aliphatic heterocycles. The van der Waals surface area contributed by atoms with Crippen molar-refractivity contribution in [2.45, 2.75) is 13.3 Å². The van der Waals surface area contributed by atoms with Gasteiger partial charge in [-0.2, -0.15) is 0 Å². The lowest BCUT2D eigenvalue weighted by Crippen LogP contribution is -2.42. The van der Waals surface area contributed by atoms with Crippen LogP contribution in [0.25, 0.3) is 0 Å². The molecule has 1 N–H and O–H groups in total. The maximum absolute atomic E-state index is 12.0. The molecule has 0 heterocycles. The minimum Gasteiger partial charge on any atom is -0.480 e. The molecule has 110 valence electrons. The number of carboxylic acids is 1. The summed E-state index contributed by atoms with van der Waals surface area (Å²) in [6.07, 6.45) is 4.09. The molecule has 0 bridgehead atoms. The van der Waals surface area contributed by atoms with Crippen LogP contribution < -0.4 is 0 Å². The summed E-state index contributed by atoms with van der Waals surface area (Å²) < 4.78 is 0. The topological polar surface area (TPSA) is 60.9 Å². The Morgan fingerprint density at radius 1 is 1.16 bits per heavy atom. The summed E-state index contributed by atoms with van der Waals surface area (Å²) in [6.45, 7) is 10.6.